The van der Waals surface area contributed by atoms with Crippen molar-refractivity contribution in [3.63, 3.8) is 0 Å². The molecule has 0 aliphatic heterocycles. The van der Waals surface area contributed by atoms with E-state index >= 15 is 0 Å². The first-order valence-electron chi connectivity index (χ1n) is 7.78. The number of anilines is 1. The van der Waals surface area contributed by atoms with Gasteiger partial charge in [-0.15, -0.1) is 0 Å². The number of hydrogen-bond donors (Lipinski definition) is 1. The van der Waals surface area contributed by atoms with Crippen LogP contribution in [-0.2, 0) is 7.05 Å². The molecule has 0 spiro atoms. The van der Waals surface area contributed by atoms with Crippen LogP contribution in [0, 0.1) is 0 Å². The second kappa shape index (κ2) is 6.88. The van der Waals surface area contributed by atoms with E-state index in [9.17, 15) is 0 Å². The summed E-state index contributed by atoms with van der Waals surface area (Å²) in [7, 11) is 2.03. The Hall–Kier alpha value is -2.26. The number of aromatic nitrogens is 2. The first kappa shape index (κ1) is 15.6. The van der Waals surface area contributed by atoms with E-state index in [0.29, 0.717) is 0 Å². The maximum absolute atomic E-state index is 5.98. The average molecular weight is 326 g/mol. The van der Waals surface area contributed by atoms with Gasteiger partial charge in [-0.3, -0.25) is 0 Å². The Morgan fingerprint density at radius 1 is 1.09 bits per heavy atom. The Kier molecular flexibility index (Phi) is 4.68. The van der Waals surface area contributed by atoms with Crippen LogP contribution in [-0.4, -0.2) is 9.55 Å². The lowest BCUT2D eigenvalue weighted by Crippen LogP contribution is -2.13. The van der Waals surface area contributed by atoms with E-state index in [2.05, 4.69) is 46.1 Å². The number of rotatable bonds is 5. The molecule has 0 aliphatic rings. The zero-order chi connectivity index (χ0) is 16.2. The predicted molar refractivity (Wildman–Crippen MR) is 96.8 cm³/mol. The summed E-state index contributed by atoms with van der Waals surface area (Å²) in [6.07, 6.45) is 2.88. The predicted octanol–water partition coefficient (Wildman–Crippen LogP) is 5.30. The van der Waals surface area contributed by atoms with Crippen LogP contribution in [0.2, 0.25) is 5.02 Å². The van der Waals surface area contributed by atoms with E-state index in [1.54, 1.807) is 0 Å². The standard InChI is InChI=1S/C19H20ClN3/c1-3-17(14-9-11-16(20)12-10-14)22-19-21-13-18(23(19)2)15-7-5-4-6-8-15/h4-13,17H,3H2,1-2H3,(H,21,22). The number of nitrogens with one attached hydrogen (secondary N) is 1. The summed E-state index contributed by atoms with van der Waals surface area (Å²) < 4.78 is 2.09. The molecule has 3 aromatic rings. The minimum Gasteiger partial charge on any atom is -0.349 e. The van der Waals surface area contributed by atoms with Gasteiger partial charge in [-0.05, 0) is 29.7 Å². The van der Waals surface area contributed by atoms with Gasteiger partial charge in [0.05, 0.1) is 17.9 Å². The van der Waals surface area contributed by atoms with Crippen LogP contribution < -0.4 is 5.32 Å². The summed E-state index contributed by atoms with van der Waals surface area (Å²) in [6, 6.07) is 18.5. The monoisotopic (exact) mass is 325 g/mol. The van der Waals surface area contributed by atoms with Gasteiger partial charge < -0.3 is 9.88 Å². The molecule has 0 bridgehead atoms. The third-order valence-electron chi connectivity index (χ3n) is 4.04. The highest BCUT2D eigenvalue weighted by atomic mass is 35.5. The van der Waals surface area contributed by atoms with Gasteiger partial charge in [-0.25, -0.2) is 4.98 Å². The smallest absolute Gasteiger partial charge is 0.203 e. The highest BCUT2D eigenvalue weighted by Crippen LogP contribution is 2.26. The first-order valence-corrected chi connectivity index (χ1v) is 8.16. The summed E-state index contributed by atoms with van der Waals surface area (Å²) >= 11 is 5.98. The van der Waals surface area contributed by atoms with Gasteiger partial charge in [-0.2, -0.15) is 0 Å². The SMILES string of the molecule is CCC(Nc1ncc(-c2ccccc2)n1C)c1ccc(Cl)cc1. The fraction of sp³-hybridized carbons (Fsp3) is 0.211. The average Bonchev–Trinajstić information content (AvgIpc) is 2.95. The third kappa shape index (κ3) is 3.40. The van der Waals surface area contributed by atoms with E-state index in [4.69, 9.17) is 11.6 Å². The van der Waals surface area contributed by atoms with Gasteiger partial charge in [-0.1, -0.05) is 61.0 Å². The molecule has 0 amide bonds. The molecule has 1 unspecified atom stereocenters. The molecule has 0 saturated carbocycles. The van der Waals surface area contributed by atoms with Crippen LogP contribution in [0.25, 0.3) is 11.3 Å². The minimum absolute atomic E-state index is 0.206. The Labute approximate surface area is 141 Å². The number of nitrogens with zero attached hydrogens (tertiary/aromatic N) is 2. The maximum Gasteiger partial charge on any atom is 0.203 e. The van der Waals surface area contributed by atoms with E-state index in [1.165, 1.54) is 5.56 Å². The van der Waals surface area contributed by atoms with Gasteiger partial charge in [0.2, 0.25) is 5.95 Å². The van der Waals surface area contributed by atoms with Crippen molar-refractivity contribution in [1.82, 2.24) is 9.55 Å². The highest BCUT2D eigenvalue weighted by Gasteiger charge is 2.14. The van der Waals surface area contributed by atoms with Crippen LogP contribution in [0.4, 0.5) is 5.95 Å². The molecule has 118 valence electrons. The van der Waals surface area contributed by atoms with Crippen molar-refractivity contribution in [1.29, 1.82) is 0 Å². The van der Waals surface area contributed by atoms with Crippen molar-refractivity contribution in [2.24, 2.45) is 7.05 Å². The Bertz CT molecular complexity index is 763. The van der Waals surface area contributed by atoms with Gasteiger partial charge >= 0.3 is 0 Å². The van der Waals surface area contributed by atoms with E-state index in [0.717, 1.165) is 28.6 Å². The lowest BCUT2D eigenvalue weighted by Gasteiger charge is -2.18. The van der Waals surface area contributed by atoms with Crippen molar-refractivity contribution in [3.8, 4) is 11.3 Å². The van der Waals surface area contributed by atoms with Crippen LogP contribution in [0.3, 0.4) is 0 Å². The highest BCUT2D eigenvalue weighted by molar-refractivity contribution is 6.30. The van der Waals surface area contributed by atoms with Gasteiger partial charge in [0, 0.05) is 12.1 Å². The Balaban J connectivity index is 1.85. The maximum atomic E-state index is 5.98. The number of imidazole rings is 1. The second-order valence-corrected chi connectivity index (χ2v) is 5.99. The molecular formula is C19H20ClN3. The molecule has 1 aromatic heterocycles. The molecule has 1 heterocycles. The topological polar surface area (TPSA) is 29.9 Å². The molecule has 4 heteroatoms. The molecule has 0 fully saturated rings. The number of benzene rings is 2. The first-order chi connectivity index (χ1) is 11.2. The van der Waals surface area contributed by atoms with Crippen molar-refractivity contribution in [2.45, 2.75) is 19.4 Å². The van der Waals surface area contributed by atoms with Crippen molar-refractivity contribution in [2.75, 3.05) is 5.32 Å². The lowest BCUT2D eigenvalue weighted by atomic mass is 10.1. The molecular weight excluding hydrogens is 306 g/mol. The van der Waals surface area contributed by atoms with E-state index in [1.807, 2.05) is 43.6 Å². The van der Waals surface area contributed by atoms with Crippen LogP contribution in [0.15, 0.2) is 60.8 Å². The zero-order valence-electron chi connectivity index (χ0n) is 13.3. The largest absolute Gasteiger partial charge is 0.349 e. The van der Waals surface area contributed by atoms with Crippen LogP contribution in [0.5, 0.6) is 0 Å². The minimum atomic E-state index is 0.206. The van der Waals surface area contributed by atoms with Gasteiger partial charge in [0.25, 0.3) is 0 Å². The normalized spacial score (nSPS) is 12.1. The molecule has 0 saturated heterocycles. The summed E-state index contributed by atoms with van der Waals surface area (Å²) in [5, 5.41) is 4.29. The quantitative estimate of drug-likeness (QED) is 0.689. The van der Waals surface area contributed by atoms with Gasteiger partial charge in [0.1, 0.15) is 0 Å². The van der Waals surface area contributed by atoms with E-state index < -0.39 is 0 Å². The fourth-order valence-electron chi connectivity index (χ4n) is 2.69. The van der Waals surface area contributed by atoms with Gasteiger partial charge in [0.15, 0.2) is 0 Å². The molecule has 1 N–H and O–H groups in total. The van der Waals surface area contributed by atoms with Crippen LogP contribution >= 0.6 is 11.6 Å². The van der Waals surface area contributed by atoms with E-state index in [-0.39, 0.29) is 6.04 Å². The molecule has 3 nitrogen and oxygen atoms in total. The lowest BCUT2D eigenvalue weighted by molar-refractivity contribution is 0.728. The Morgan fingerprint density at radius 3 is 2.43 bits per heavy atom. The Morgan fingerprint density at radius 2 is 1.78 bits per heavy atom. The number of hydrogen-bond acceptors (Lipinski definition) is 2. The summed E-state index contributed by atoms with van der Waals surface area (Å²) in [5.41, 5.74) is 3.47. The molecule has 2 aromatic carbocycles. The number of halogens is 1. The third-order valence-corrected chi connectivity index (χ3v) is 4.29. The zero-order valence-corrected chi connectivity index (χ0v) is 14.1. The molecule has 3 rings (SSSR count). The fourth-order valence-corrected chi connectivity index (χ4v) is 2.82. The molecule has 1 atom stereocenters. The molecule has 0 radical (unpaired) electrons. The summed E-state index contributed by atoms with van der Waals surface area (Å²) in [5.74, 6) is 0.866. The molecule has 23 heavy (non-hydrogen) atoms. The van der Waals surface area contributed by atoms with Crippen molar-refractivity contribution >= 4 is 17.5 Å². The molecule has 0 aliphatic carbocycles. The van der Waals surface area contributed by atoms with Crippen molar-refractivity contribution in [3.05, 3.63) is 71.4 Å². The summed E-state index contributed by atoms with van der Waals surface area (Å²) in [4.78, 5) is 4.55. The summed E-state index contributed by atoms with van der Waals surface area (Å²) in [6.45, 7) is 2.16. The second-order valence-electron chi connectivity index (χ2n) is 5.55. The van der Waals surface area contributed by atoms with Crippen molar-refractivity contribution < 1.29 is 0 Å². The van der Waals surface area contributed by atoms with Crippen LogP contribution in [0.1, 0.15) is 24.9 Å².